The van der Waals surface area contributed by atoms with E-state index in [1.165, 1.54) is 24.0 Å². The average Bonchev–Trinajstić information content (AvgIpc) is 3.39. The highest BCUT2D eigenvalue weighted by Gasteiger charge is 2.67. The van der Waals surface area contributed by atoms with Crippen LogP contribution in [0.5, 0.6) is 0 Å². The fourth-order valence-corrected chi connectivity index (χ4v) is 7.36. The molecule has 0 bridgehead atoms. The minimum Gasteiger partial charge on any atom is -0.354 e. The number of nitrogens with zero attached hydrogens (tertiary/aromatic N) is 3. The third kappa shape index (κ3) is 3.13. The van der Waals surface area contributed by atoms with Crippen molar-refractivity contribution in [1.29, 1.82) is 0 Å². The maximum atomic E-state index is 12.9. The van der Waals surface area contributed by atoms with Gasteiger partial charge in [0, 0.05) is 44.1 Å². The zero-order chi connectivity index (χ0) is 22.9. The van der Waals surface area contributed by atoms with Crippen LogP contribution < -0.4 is 21.1 Å². The van der Waals surface area contributed by atoms with Crippen molar-refractivity contribution in [3.8, 4) is 0 Å². The molecule has 6 atom stereocenters. The van der Waals surface area contributed by atoms with E-state index in [-0.39, 0.29) is 11.3 Å². The summed E-state index contributed by atoms with van der Waals surface area (Å²) in [7, 11) is 2.18. The van der Waals surface area contributed by atoms with Crippen LogP contribution >= 0.6 is 0 Å². The summed E-state index contributed by atoms with van der Waals surface area (Å²) in [5, 5.41) is 3.14. The number of hydrogen-bond acceptors (Lipinski definition) is 6. The molecule has 5 aliphatic rings. The van der Waals surface area contributed by atoms with Crippen molar-refractivity contribution in [2.24, 2.45) is 17.8 Å². The van der Waals surface area contributed by atoms with Gasteiger partial charge in [0.05, 0.1) is 11.5 Å². The smallest absolute Gasteiger partial charge is 0.235 e. The Kier molecular flexibility index (Phi) is 4.76. The van der Waals surface area contributed by atoms with Crippen LogP contribution in [0.15, 0.2) is 42.6 Å². The van der Waals surface area contributed by atoms with Gasteiger partial charge < -0.3 is 15.1 Å². The molecule has 1 aromatic carbocycles. The van der Waals surface area contributed by atoms with Gasteiger partial charge in [-0.15, -0.1) is 0 Å². The fraction of sp³-hybridized carbons (Fsp3) is 0.556. The summed E-state index contributed by atoms with van der Waals surface area (Å²) < 4.78 is 0. The predicted octanol–water partition coefficient (Wildman–Crippen LogP) is 2.68. The zero-order valence-electron chi connectivity index (χ0n) is 19.8. The lowest BCUT2D eigenvalue weighted by molar-refractivity contribution is -0.118. The molecular formula is C27H34N6O. The quantitative estimate of drug-likeness (QED) is 0.657. The molecule has 5 unspecified atom stereocenters. The van der Waals surface area contributed by atoms with E-state index >= 15 is 0 Å². The third-order valence-corrected chi connectivity index (χ3v) is 9.40. The second-order valence-electron chi connectivity index (χ2n) is 11.1. The molecule has 0 radical (unpaired) electrons. The summed E-state index contributed by atoms with van der Waals surface area (Å²) in [6, 6.07) is 13.5. The molecule has 4 heterocycles. The number of piperazine rings is 1. The van der Waals surface area contributed by atoms with E-state index in [9.17, 15) is 4.79 Å². The van der Waals surface area contributed by atoms with Crippen LogP contribution in [0, 0.1) is 17.8 Å². The number of benzene rings is 1. The molecule has 4 fully saturated rings. The van der Waals surface area contributed by atoms with Crippen LogP contribution in [0.25, 0.3) is 0 Å². The molecule has 7 heteroatoms. The largest absolute Gasteiger partial charge is 0.354 e. The highest BCUT2D eigenvalue weighted by Crippen LogP contribution is 2.65. The Balaban J connectivity index is 1.02. The van der Waals surface area contributed by atoms with Crippen molar-refractivity contribution in [3.63, 3.8) is 0 Å². The number of fused-ring (bicyclic) bond motifs is 3. The fourth-order valence-electron chi connectivity index (χ4n) is 7.36. The molecule has 7 rings (SSSR count). The Morgan fingerprint density at radius 3 is 2.71 bits per heavy atom. The SMILES string of the molecule is CN1CCN(c2ccc(C3NNC4CC(C5C[C@@]56C(=O)Nc5ccccc56)CCC43)cn2)CC1. The van der Waals surface area contributed by atoms with Crippen molar-refractivity contribution in [1.82, 2.24) is 20.7 Å². The topological polar surface area (TPSA) is 72.5 Å². The van der Waals surface area contributed by atoms with E-state index in [0.717, 1.165) is 50.5 Å². The molecule has 3 N–H and O–H groups in total. The van der Waals surface area contributed by atoms with Crippen LogP contribution in [0.3, 0.4) is 0 Å². The number of carbonyl (C=O) groups excluding carboxylic acids is 1. The van der Waals surface area contributed by atoms with Crippen molar-refractivity contribution in [2.45, 2.75) is 43.2 Å². The number of anilines is 2. The van der Waals surface area contributed by atoms with Crippen LogP contribution in [-0.2, 0) is 10.2 Å². The highest BCUT2D eigenvalue weighted by molar-refractivity contribution is 6.08. The predicted molar refractivity (Wildman–Crippen MR) is 132 cm³/mol. The first-order valence-corrected chi connectivity index (χ1v) is 12.9. The van der Waals surface area contributed by atoms with Gasteiger partial charge in [0.1, 0.15) is 5.82 Å². The van der Waals surface area contributed by atoms with Crippen molar-refractivity contribution in [3.05, 3.63) is 53.7 Å². The number of hydrogen-bond donors (Lipinski definition) is 3. The number of aromatic nitrogens is 1. The maximum Gasteiger partial charge on any atom is 0.235 e. The van der Waals surface area contributed by atoms with Crippen molar-refractivity contribution in [2.75, 3.05) is 43.4 Å². The Morgan fingerprint density at radius 1 is 1.03 bits per heavy atom. The van der Waals surface area contributed by atoms with Gasteiger partial charge >= 0.3 is 0 Å². The van der Waals surface area contributed by atoms with Gasteiger partial charge in [-0.2, -0.15) is 0 Å². The summed E-state index contributed by atoms with van der Waals surface area (Å²) in [6.45, 7) is 4.28. The molecule has 1 spiro atoms. The molecule has 2 aliphatic carbocycles. The first-order chi connectivity index (χ1) is 16.6. The summed E-state index contributed by atoms with van der Waals surface area (Å²) >= 11 is 0. The second-order valence-corrected chi connectivity index (χ2v) is 11.1. The van der Waals surface area contributed by atoms with E-state index in [0.29, 0.717) is 29.8 Å². The number of amides is 1. The van der Waals surface area contributed by atoms with E-state index < -0.39 is 0 Å². The zero-order valence-corrected chi connectivity index (χ0v) is 19.8. The number of para-hydroxylation sites is 1. The number of nitrogens with one attached hydrogen (secondary N) is 3. The standard InChI is InChI=1S/C27H34N6O/c1-32-10-12-33(13-11-32)24-9-7-18(16-28-24)25-19-8-6-17(14-23(19)30-31-25)21-15-27(21)20-4-2-3-5-22(20)29-26(27)34/h2-5,7,9,16-17,19,21,23,25,30-31H,6,8,10-15H2,1H3,(H,29,34)/t17?,19?,21?,23?,25?,27-/m0/s1. The third-order valence-electron chi connectivity index (χ3n) is 9.40. The van der Waals surface area contributed by atoms with Crippen LogP contribution in [-0.4, -0.2) is 55.1 Å². The van der Waals surface area contributed by atoms with E-state index in [1.807, 2.05) is 12.1 Å². The number of hydrazine groups is 1. The van der Waals surface area contributed by atoms with E-state index in [1.54, 1.807) is 0 Å². The summed E-state index contributed by atoms with van der Waals surface area (Å²) in [6.07, 6.45) is 6.62. The van der Waals surface area contributed by atoms with E-state index in [2.05, 4.69) is 63.5 Å². The van der Waals surface area contributed by atoms with Gasteiger partial charge in [-0.1, -0.05) is 24.3 Å². The lowest BCUT2D eigenvalue weighted by atomic mass is 9.72. The monoisotopic (exact) mass is 458 g/mol. The number of carbonyl (C=O) groups is 1. The highest BCUT2D eigenvalue weighted by atomic mass is 16.2. The lowest BCUT2D eigenvalue weighted by Gasteiger charge is -2.34. The number of pyridine rings is 1. The van der Waals surface area contributed by atoms with Gasteiger partial charge in [0.25, 0.3) is 0 Å². The molecule has 1 amide bonds. The molecule has 2 aromatic rings. The molecular weight excluding hydrogens is 424 g/mol. The minimum atomic E-state index is -0.261. The Hall–Kier alpha value is -2.48. The molecule has 7 nitrogen and oxygen atoms in total. The van der Waals surface area contributed by atoms with Crippen LogP contribution in [0.4, 0.5) is 11.5 Å². The summed E-state index contributed by atoms with van der Waals surface area (Å²) in [4.78, 5) is 22.5. The molecule has 2 saturated heterocycles. The van der Waals surface area contributed by atoms with Gasteiger partial charge in [-0.25, -0.2) is 10.4 Å². The Bertz CT molecular complexity index is 1100. The first-order valence-electron chi connectivity index (χ1n) is 12.9. The van der Waals surface area contributed by atoms with Gasteiger partial charge in [-0.3, -0.25) is 10.2 Å². The second kappa shape index (κ2) is 7.77. The van der Waals surface area contributed by atoms with Gasteiger partial charge in [-0.05, 0) is 73.7 Å². The molecule has 1 aromatic heterocycles. The summed E-state index contributed by atoms with van der Waals surface area (Å²) in [5.41, 5.74) is 10.5. The Labute approximate surface area is 201 Å². The van der Waals surface area contributed by atoms with Crippen LogP contribution in [0.1, 0.15) is 42.9 Å². The van der Waals surface area contributed by atoms with Gasteiger partial charge in [0.15, 0.2) is 0 Å². The van der Waals surface area contributed by atoms with Crippen LogP contribution in [0.2, 0.25) is 0 Å². The van der Waals surface area contributed by atoms with E-state index in [4.69, 9.17) is 4.98 Å². The average molecular weight is 459 g/mol. The molecule has 178 valence electrons. The number of likely N-dealkylation sites (N-methyl/N-ethyl adjacent to an activating group) is 1. The minimum absolute atomic E-state index is 0.225. The molecule has 2 saturated carbocycles. The van der Waals surface area contributed by atoms with Crippen molar-refractivity contribution >= 4 is 17.4 Å². The molecule has 3 aliphatic heterocycles. The normalized spacial score (nSPS) is 36.9. The maximum absolute atomic E-state index is 12.9. The molecule has 34 heavy (non-hydrogen) atoms. The van der Waals surface area contributed by atoms with Gasteiger partial charge in [0.2, 0.25) is 5.91 Å². The van der Waals surface area contributed by atoms with Crippen molar-refractivity contribution < 1.29 is 4.79 Å². The number of rotatable bonds is 3. The lowest BCUT2D eigenvalue weighted by Crippen LogP contribution is -2.44. The first kappa shape index (κ1) is 20.9. The Morgan fingerprint density at radius 2 is 1.88 bits per heavy atom. The summed E-state index contributed by atoms with van der Waals surface area (Å²) in [5.74, 6) is 2.97.